The highest BCUT2D eigenvalue weighted by atomic mass is 19.1. The molecular weight excluding hydrogens is 393 g/mol. The van der Waals surface area contributed by atoms with Crippen molar-refractivity contribution in [2.75, 3.05) is 13.1 Å². The third kappa shape index (κ3) is 4.46. The van der Waals surface area contributed by atoms with Crippen LogP contribution in [0.25, 0.3) is 17.3 Å². The first-order valence-corrected chi connectivity index (χ1v) is 10.8. The van der Waals surface area contributed by atoms with Crippen molar-refractivity contribution in [3.63, 3.8) is 0 Å². The van der Waals surface area contributed by atoms with Crippen molar-refractivity contribution in [2.24, 2.45) is 12.0 Å². The molecule has 2 fully saturated rings. The van der Waals surface area contributed by atoms with Gasteiger partial charge >= 0.3 is 0 Å². The van der Waals surface area contributed by atoms with E-state index in [1.54, 1.807) is 6.08 Å². The summed E-state index contributed by atoms with van der Waals surface area (Å²) >= 11 is 0. The Balaban J connectivity index is 1.51. The van der Waals surface area contributed by atoms with Gasteiger partial charge in [0.1, 0.15) is 11.6 Å². The van der Waals surface area contributed by atoms with E-state index in [9.17, 15) is 4.79 Å². The average Bonchev–Trinajstić information content (AvgIpc) is 3.55. The van der Waals surface area contributed by atoms with Crippen LogP contribution >= 0.6 is 0 Å². The van der Waals surface area contributed by atoms with Gasteiger partial charge in [0, 0.05) is 44.6 Å². The third-order valence-electron chi connectivity index (χ3n) is 6.56. The molecule has 164 valence electrons. The van der Waals surface area contributed by atoms with Gasteiger partial charge in [0.2, 0.25) is 0 Å². The number of carbonyl (C=O) groups is 1. The van der Waals surface area contributed by atoms with Crippen molar-refractivity contribution in [3.8, 4) is 11.3 Å². The number of rotatable bonds is 6. The molecule has 0 unspecified atom stereocenters. The van der Waals surface area contributed by atoms with Gasteiger partial charge in [-0.15, -0.1) is 0 Å². The minimum atomic E-state index is -1.86. The molecule has 31 heavy (non-hydrogen) atoms. The SMILES string of the molecule is C=N/C(=C\c1cc(-c2cnc(C)n2C)ccc1C)NC(=O)C1(F)CCN(C2CC2)CC1. The number of carbonyl (C=O) groups excluding carboxylic acids is 1. The van der Waals surface area contributed by atoms with Crippen LogP contribution in [0.3, 0.4) is 0 Å². The van der Waals surface area contributed by atoms with Crippen molar-refractivity contribution in [1.82, 2.24) is 19.8 Å². The lowest BCUT2D eigenvalue weighted by atomic mass is 9.92. The number of nitrogens with zero attached hydrogens (tertiary/aromatic N) is 4. The summed E-state index contributed by atoms with van der Waals surface area (Å²) in [6.45, 7) is 8.76. The number of nitrogens with one attached hydrogen (secondary N) is 1. The molecule has 2 heterocycles. The van der Waals surface area contributed by atoms with Gasteiger partial charge in [-0.2, -0.15) is 0 Å². The fourth-order valence-electron chi connectivity index (χ4n) is 4.13. The summed E-state index contributed by atoms with van der Waals surface area (Å²) in [4.78, 5) is 23.4. The molecule has 7 heteroatoms. The van der Waals surface area contributed by atoms with E-state index in [2.05, 4.69) is 26.9 Å². The molecule has 2 aliphatic rings. The molecule has 1 aliphatic carbocycles. The highest BCUT2D eigenvalue weighted by Gasteiger charge is 2.44. The first-order valence-electron chi connectivity index (χ1n) is 10.8. The topological polar surface area (TPSA) is 62.5 Å². The fourth-order valence-corrected chi connectivity index (χ4v) is 4.13. The number of piperidine rings is 1. The van der Waals surface area contributed by atoms with E-state index in [-0.39, 0.29) is 18.7 Å². The van der Waals surface area contributed by atoms with Gasteiger partial charge in [-0.25, -0.2) is 14.4 Å². The summed E-state index contributed by atoms with van der Waals surface area (Å²) in [5.74, 6) is 0.556. The maximum Gasteiger partial charge on any atom is 0.263 e. The van der Waals surface area contributed by atoms with Crippen LogP contribution in [0.5, 0.6) is 0 Å². The minimum Gasteiger partial charge on any atom is -0.331 e. The summed E-state index contributed by atoms with van der Waals surface area (Å²) in [6.07, 6.45) is 6.39. The van der Waals surface area contributed by atoms with E-state index in [4.69, 9.17) is 0 Å². The molecule has 1 N–H and O–H groups in total. The van der Waals surface area contributed by atoms with Crippen LogP contribution < -0.4 is 5.32 Å². The minimum absolute atomic E-state index is 0.216. The van der Waals surface area contributed by atoms with Crippen molar-refractivity contribution < 1.29 is 9.18 Å². The van der Waals surface area contributed by atoms with Crippen molar-refractivity contribution >= 4 is 18.7 Å². The molecule has 0 spiro atoms. The second-order valence-electron chi connectivity index (χ2n) is 8.70. The Morgan fingerprint density at radius 3 is 2.61 bits per heavy atom. The smallest absolute Gasteiger partial charge is 0.263 e. The Morgan fingerprint density at radius 1 is 1.32 bits per heavy atom. The highest BCUT2D eigenvalue weighted by molar-refractivity contribution is 5.87. The van der Waals surface area contributed by atoms with Gasteiger partial charge in [-0.3, -0.25) is 4.79 Å². The number of imidazole rings is 1. The zero-order chi connectivity index (χ0) is 22.2. The van der Waals surface area contributed by atoms with Crippen molar-refractivity contribution in [1.29, 1.82) is 0 Å². The summed E-state index contributed by atoms with van der Waals surface area (Å²) in [6, 6.07) is 6.66. The number of hydrogen-bond donors (Lipinski definition) is 1. The number of aliphatic imine (C=N–C) groups is 1. The predicted molar refractivity (Wildman–Crippen MR) is 121 cm³/mol. The molecule has 0 radical (unpaired) electrons. The standard InChI is InChI=1S/C24H30FN5O/c1-16-5-6-18(21-15-27-17(2)29(21)4)13-19(16)14-22(26-3)28-23(31)24(25)9-11-30(12-10-24)20-7-8-20/h5-6,13-15,20H,3,7-12H2,1-2,4H3,(H,28,31)/b22-14+. The maximum atomic E-state index is 15.3. The number of hydrogen-bond acceptors (Lipinski definition) is 4. The number of halogens is 1. The lowest BCUT2D eigenvalue weighted by molar-refractivity contribution is -0.135. The van der Waals surface area contributed by atoms with E-state index in [1.165, 1.54) is 12.8 Å². The monoisotopic (exact) mass is 423 g/mol. The van der Waals surface area contributed by atoms with Crippen LogP contribution in [0.2, 0.25) is 0 Å². The first kappa shape index (κ1) is 21.4. The van der Waals surface area contributed by atoms with Crippen LogP contribution in [0.15, 0.2) is 35.2 Å². The maximum absolute atomic E-state index is 15.3. The molecule has 2 aromatic rings. The lowest BCUT2D eigenvalue weighted by Crippen LogP contribution is -2.51. The summed E-state index contributed by atoms with van der Waals surface area (Å²) in [7, 11) is 1.97. The second kappa shape index (κ2) is 8.38. The molecule has 1 aliphatic heterocycles. The van der Waals surface area contributed by atoms with Gasteiger partial charge < -0.3 is 14.8 Å². The Kier molecular flexibility index (Phi) is 5.79. The van der Waals surface area contributed by atoms with Crippen LogP contribution in [-0.2, 0) is 11.8 Å². The normalized spacial score (nSPS) is 19.3. The zero-order valence-corrected chi connectivity index (χ0v) is 18.5. The molecule has 1 aromatic carbocycles. The van der Waals surface area contributed by atoms with Gasteiger partial charge in [-0.1, -0.05) is 12.1 Å². The quantitative estimate of drug-likeness (QED) is 0.719. The Morgan fingerprint density at radius 2 is 2.03 bits per heavy atom. The highest BCUT2D eigenvalue weighted by Crippen LogP contribution is 2.34. The van der Waals surface area contributed by atoms with Crippen LogP contribution in [0, 0.1) is 13.8 Å². The molecule has 1 saturated heterocycles. The van der Waals surface area contributed by atoms with E-state index in [0.29, 0.717) is 19.1 Å². The fraction of sp³-hybridized carbons (Fsp3) is 0.458. The van der Waals surface area contributed by atoms with Crippen LogP contribution in [0.4, 0.5) is 4.39 Å². The molecule has 1 amide bonds. The molecule has 0 bridgehead atoms. The van der Waals surface area contributed by atoms with Gasteiger partial charge in [0.25, 0.3) is 5.91 Å². The van der Waals surface area contributed by atoms with E-state index < -0.39 is 11.6 Å². The van der Waals surface area contributed by atoms with E-state index in [0.717, 1.165) is 28.2 Å². The summed E-state index contributed by atoms with van der Waals surface area (Å²) in [5.41, 5.74) is 2.04. The van der Waals surface area contributed by atoms with E-state index >= 15 is 4.39 Å². The Hall–Kier alpha value is -2.80. The van der Waals surface area contributed by atoms with Crippen LogP contribution in [-0.4, -0.2) is 51.9 Å². The van der Waals surface area contributed by atoms with Crippen molar-refractivity contribution in [2.45, 2.75) is 51.2 Å². The lowest BCUT2D eigenvalue weighted by Gasteiger charge is -2.35. The number of aromatic nitrogens is 2. The second-order valence-corrected chi connectivity index (χ2v) is 8.70. The summed E-state index contributed by atoms with van der Waals surface area (Å²) < 4.78 is 17.4. The van der Waals surface area contributed by atoms with Crippen LogP contribution in [0.1, 0.15) is 42.6 Å². The molecular formula is C24H30FN5O. The molecule has 4 rings (SSSR count). The van der Waals surface area contributed by atoms with Gasteiger partial charge in [0.05, 0.1) is 11.9 Å². The third-order valence-corrected chi connectivity index (χ3v) is 6.56. The number of likely N-dealkylation sites (tertiary alicyclic amines) is 1. The number of alkyl halides is 1. The molecule has 6 nitrogen and oxygen atoms in total. The Labute approximate surface area is 182 Å². The number of benzene rings is 1. The van der Waals surface area contributed by atoms with Crippen molar-refractivity contribution in [3.05, 3.63) is 47.2 Å². The largest absolute Gasteiger partial charge is 0.331 e. The number of aryl methyl sites for hydroxylation is 2. The van der Waals surface area contributed by atoms with E-state index in [1.807, 2.05) is 49.9 Å². The summed E-state index contributed by atoms with van der Waals surface area (Å²) in [5, 5.41) is 2.67. The molecule has 1 saturated carbocycles. The van der Waals surface area contributed by atoms with Gasteiger partial charge in [0.15, 0.2) is 5.67 Å². The molecule has 1 aromatic heterocycles. The molecule has 0 atom stereocenters. The first-order chi connectivity index (χ1) is 14.8. The number of amides is 1. The van der Waals surface area contributed by atoms with Gasteiger partial charge in [-0.05, 0) is 56.7 Å². The predicted octanol–water partition coefficient (Wildman–Crippen LogP) is 3.79. The Bertz CT molecular complexity index is 1030. The average molecular weight is 424 g/mol. The zero-order valence-electron chi connectivity index (χ0n) is 18.5.